The SMILES string of the molecule is COc1ccc2c(n1)CCC(O)=C2C(=O)O[C@@H](C)C(=O)OCc1ccccc1. The first-order chi connectivity index (χ1) is 13.5. The van der Waals surface area contributed by atoms with Gasteiger partial charge in [0.05, 0.1) is 12.8 Å². The first-order valence-corrected chi connectivity index (χ1v) is 8.87. The van der Waals surface area contributed by atoms with Gasteiger partial charge >= 0.3 is 11.9 Å². The van der Waals surface area contributed by atoms with Gasteiger partial charge in [-0.2, -0.15) is 0 Å². The number of hydrogen-bond donors (Lipinski definition) is 1. The summed E-state index contributed by atoms with van der Waals surface area (Å²) in [5.74, 6) is -1.13. The molecule has 146 valence electrons. The van der Waals surface area contributed by atoms with E-state index < -0.39 is 18.0 Å². The number of ether oxygens (including phenoxy) is 3. The number of pyridine rings is 1. The molecule has 3 rings (SSSR count). The van der Waals surface area contributed by atoms with Crippen molar-refractivity contribution in [1.82, 2.24) is 4.98 Å². The van der Waals surface area contributed by atoms with Gasteiger partial charge in [-0.15, -0.1) is 0 Å². The Morgan fingerprint density at radius 2 is 1.89 bits per heavy atom. The summed E-state index contributed by atoms with van der Waals surface area (Å²) in [5.41, 5.74) is 1.94. The van der Waals surface area contributed by atoms with Crippen LogP contribution in [0.4, 0.5) is 0 Å². The van der Waals surface area contributed by atoms with E-state index in [1.54, 1.807) is 12.1 Å². The van der Waals surface area contributed by atoms with Gasteiger partial charge in [-0.05, 0) is 25.0 Å². The summed E-state index contributed by atoms with van der Waals surface area (Å²) in [6.45, 7) is 1.51. The molecular weight excluding hydrogens is 362 g/mol. The van der Waals surface area contributed by atoms with Gasteiger partial charge in [-0.3, -0.25) is 0 Å². The van der Waals surface area contributed by atoms with Crippen LogP contribution in [0.25, 0.3) is 5.57 Å². The average molecular weight is 383 g/mol. The van der Waals surface area contributed by atoms with E-state index in [9.17, 15) is 14.7 Å². The molecule has 2 aromatic rings. The average Bonchev–Trinajstić information content (AvgIpc) is 2.72. The minimum Gasteiger partial charge on any atom is -0.511 e. The number of carbonyl (C=O) groups is 2. The molecule has 1 aliphatic rings. The predicted molar refractivity (Wildman–Crippen MR) is 100 cm³/mol. The number of nitrogens with zero attached hydrogens (tertiary/aromatic N) is 1. The summed E-state index contributed by atoms with van der Waals surface area (Å²) in [6, 6.07) is 12.4. The summed E-state index contributed by atoms with van der Waals surface area (Å²) < 4.78 is 15.5. The summed E-state index contributed by atoms with van der Waals surface area (Å²) in [5, 5.41) is 10.2. The van der Waals surface area contributed by atoms with Crippen molar-refractivity contribution in [3.8, 4) is 5.88 Å². The lowest BCUT2D eigenvalue weighted by atomic mass is 9.93. The monoisotopic (exact) mass is 383 g/mol. The van der Waals surface area contributed by atoms with E-state index in [0.29, 0.717) is 23.6 Å². The predicted octanol–water partition coefficient (Wildman–Crippen LogP) is 2.98. The standard InChI is InChI=1S/C21H21NO6/c1-13(20(24)27-12-14-6-4-3-5-7-14)28-21(25)19-15-8-11-18(26-2)22-16(15)9-10-17(19)23/h3-8,11,13,23H,9-10,12H2,1-2H3/t13-/m0/s1. The van der Waals surface area contributed by atoms with E-state index in [-0.39, 0.29) is 24.4 Å². The Labute approximate surface area is 162 Å². The van der Waals surface area contributed by atoms with Crippen LogP contribution in [0.2, 0.25) is 0 Å². The molecule has 0 fully saturated rings. The van der Waals surface area contributed by atoms with Gasteiger partial charge in [-0.25, -0.2) is 14.6 Å². The number of esters is 2. The van der Waals surface area contributed by atoms with Crippen molar-refractivity contribution in [3.63, 3.8) is 0 Å². The van der Waals surface area contributed by atoms with Crippen molar-refractivity contribution in [3.05, 3.63) is 65.0 Å². The highest BCUT2D eigenvalue weighted by molar-refractivity contribution is 6.18. The van der Waals surface area contributed by atoms with Crippen LogP contribution in [-0.2, 0) is 32.1 Å². The van der Waals surface area contributed by atoms with E-state index >= 15 is 0 Å². The molecule has 0 amide bonds. The second-order valence-electron chi connectivity index (χ2n) is 6.31. The second kappa shape index (κ2) is 8.56. The van der Waals surface area contributed by atoms with Crippen LogP contribution in [0.15, 0.2) is 48.2 Å². The normalized spacial score (nSPS) is 14.1. The van der Waals surface area contributed by atoms with Gasteiger partial charge < -0.3 is 19.3 Å². The number of aliphatic hydroxyl groups excluding tert-OH is 1. The van der Waals surface area contributed by atoms with Gasteiger partial charge in [0.15, 0.2) is 6.10 Å². The molecule has 0 saturated carbocycles. The molecule has 1 heterocycles. The fraction of sp³-hybridized carbons (Fsp3) is 0.286. The van der Waals surface area contributed by atoms with Crippen molar-refractivity contribution in [2.75, 3.05) is 7.11 Å². The molecule has 0 bridgehead atoms. The Kier molecular flexibility index (Phi) is 5.93. The molecule has 1 aromatic carbocycles. The van der Waals surface area contributed by atoms with Gasteiger partial charge in [0.25, 0.3) is 0 Å². The van der Waals surface area contributed by atoms with E-state index in [1.807, 2.05) is 30.3 Å². The summed E-state index contributed by atoms with van der Waals surface area (Å²) >= 11 is 0. The number of methoxy groups -OCH3 is 1. The quantitative estimate of drug-likeness (QED) is 0.766. The zero-order valence-corrected chi connectivity index (χ0v) is 15.7. The fourth-order valence-electron chi connectivity index (χ4n) is 2.87. The Hall–Kier alpha value is -3.35. The lowest BCUT2D eigenvalue weighted by molar-refractivity contribution is -0.164. The highest BCUT2D eigenvalue weighted by atomic mass is 16.6. The Morgan fingerprint density at radius 3 is 2.61 bits per heavy atom. The highest BCUT2D eigenvalue weighted by Gasteiger charge is 2.29. The first-order valence-electron chi connectivity index (χ1n) is 8.87. The third-order valence-electron chi connectivity index (χ3n) is 4.36. The summed E-state index contributed by atoms with van der Waals surface area (Å²) in [4.78, 5) is 29.1. The zero-order valence-electron chi connectivity index (χ0n) is 15.7. The van der Waals surface area contributed by atoms with Crippen LogP contribution in [0.1, 0.15) is 30.2 Å². The first kappa shape index (κ1) is 19.4. The fourth-order valence-corrected chi connectivity index (χ4v) is 2.87. The topological polar surface area (TPSA) is 95.0 Å². The van der Waals surface area contributed by atoms with Crippen LogP contribution in [-0.4, -0.2) is 35.2 Å². The van der Waals surface area contributed by atoms with Gasteiger partial charge in [0, 0.05) is 18.1 Å². The lowest BCUT2D eigenvalue weighted by Crippen LogP contribution is -2.28. The Morgan fingerprint density at radius 1 is 1.14 bits per heavy atom. The maximum Gasteiger partial charge on any atom is 0.347 e. The molecule has 0 radical (unpaired) electrons. The number of carbonyl (C=O) groups excluding carboxylic acids is 2. The van der Waals surface area contributed by atoms with Crippen LogP contribution < -0.4 is 4.74 Å². The zero-order chi connectivity index (χ0) is 20.1. The molecule has 1 atom stereocenters. The highest BCUT2D eigenvalue weighted by Crippen LogP contribution is 2.31. The van der Waals surface area contributed by atoms with E-state index in [4.69, 9.17) is 14.2 Å². The van der Waals surface area contributed by atoms with E-state index in [0.717, 1.165) is 5.56 Å². The third kappa shape index (κ3) is 4.31. The molecule has 7 heteroatoms. The van der Waals surface area contributed by atoms with Crippen molar-refractivity contribution in [2.24, 2.45) is 0 Å². The third-order valence-corrected chi connectivity index (χ3v) is 4.36. The maximum absolute atomic E-state index is 12.6. The van der Waals surface area contributed by atoms with Crippen molar-refractivity contribution in [2.45, 2.75) is 32.5 Å². The van der Waals surface area contributed by atoms with Crippen LogP contribution in [0.3, 0.4) is 0 Å². The number of hydrogen-bond acceptors (Lipinski definition) is 7. The minimum atomic E-state index is -1.12. The second-order valence-corrected chi connectivity index (χ2v) is 6.31. The number of aromatic nitrogens is 1. The number of allylic oxidation sites excluding steroid dienone is 1. The van der Waals surface area contributed by atoms with Crippen LogP contribution in [0.5, 0.6) is 5.88 Å². The van der Waals surface area contributed by atoms with Gasteiger partial charge in [0.1, 0.15) is 17.9 Å². The number of rotatable bonds is 6. The molecule has 1 N–H and O–H groups in total. The summed E-state index contributed by atoms with van der Waals surface area (Å²) in [6.07, 6.45) is -0.387. The lowest BCUT2D eigenvalue weighted by Gasteiger charge is -2.20. The smallest absolute Gasteiger partial charge is 0.347 e. The van der Waals surface area contributed by atoms with Crippen LogP contribution in [0, 0.1) is 0 Å². The van der Waals surface area contributed by atoms with Crippen molar-refractivity contribution < 1.29 is 28.9 Å². The van der Waals surface area contributed by atoms with Gasteiger partial charge in [-0.1, -0.05) is 30.3 Å². The van der Waals surface area contributed by atoms with E-state index in [1.165, 1.54) is 14.0 Å². The molecular formula is C21H21NO6. The van der Waals surface area contributed by atoms with Crippen molar-refractivity contribution >= 4 is 17.5 Å². The molecule has 1 aromatic heterocycles. The number of aliphatic hydroxyl groups is 1. The van der Waals surface area contributed by atoms with E-state index in [2.05, 4.69) is 4.98 Å². The maximum atomic E-state index is 12.6. The number of benzene rings is 1. The minimum absolute atomic E-state index is 0.0131. The Bertz CT molecular complexity index is 906. The van der Waals surface area contributed by atoms with Gasteiger partial charge in [0.2, 0.25) is 5.88 Å². The molecule has 0 saturated heterocycles. The summed E-state index contributed by atoms with van der Waals surface area (Å²) in [7, 11) is 1.50. The Balaban J connectivity index is 1.67. The molecule has 7 nitrogen and oxygen atoms in total. The molecule has 0 aliphatic heterocycles. The number of fused-ring (bicyclic) bond motifs is 1. The molecule has 1 aliphatic carbocycles. The largest absolute Gasteiger partial charge is 0.511 e. The molecule has 0 spiro atoms. The van der Waals surface area contributed by atoms with Crippen LogP contribution >= 0.6 is 0 Å². The molecule has 0 unspecified atom stereocenters. The van der Waals surface area contributed by atoms with Crippen molar-refractivity contribution in [1.29, 1.82) is 0 Å². The number of aryl methyl sites for hydroxylation is 1. The molecule has 28 heavy (non-hydrogen) atoms.